The summed E-state index contributed by atoms with van der Waals surface area (Å²) in [6, 6.07) is 14.6. The van der Waals surface area contributed by atoms with Crippen LogP contribution in [0, 0.1) is 6.92 Å². The summed E-state index contributed by atoms with van der Waals surface area (Å²) in [5.74, 6) is -0.600. The Hall–Kier alpha value is -3.23. The van der Waals surface area contributed by atoms with Crippen LogP contribution < -0.4 is 4.80 Å². The van der Waals surface area contributed by atoms with Gasteiger partial charge in [-0.3, -0.25) is 9.59 Å². The molecule has 0 fully saturated rings. The molecule has 0 saturated carbocycles. The van der Waals surface area contributed by atoms with Gasteiger partial charge < -0.3 is 13.8 Å². The van der Waals surface area contributed by atoms with E-state index in [4.69, 9.17) is 20.9 Å². The van der Waals surface area contributed by atoms with Gasteiger partial charge in [0.2, 0.25) is 0 Å². The molecule has 0 atom stereocenters. The van der Waals surface area contributed by atoms with Crippen molar-refractivity contribution in [2.24, 2.45) is 4.99 Å². The summed E-state index contributed by atoms with van der Waals surface area (Å²) < 4.78 is 12.9. The Morgan fingerprint density at radius 1 is 1.19 bits per heavy atom. The van der Waals surface area contributed by atoms with Crippen LogP contribution in [0.2, 0.25) is 5.02 Å². The minimum absolute atomic E-state index is 0.0516. The smallest absolute Gasteiger partial charge is 0.326 e. The van der Waals surface area contributed by atoms with Crippen LogP contribution in [0.1, 0.15) is 23.0 Å². The molecule has 0 saturated heterocycles. The summed E-state index contributed by atoms with van der Waals surface area (Å²) in [7, 11) is 0. The number of halogens is 1. The van der Waals surface area contributed by atoms with E-state index in [1.807, 2.05) is 24.3 Å². The Morgan fingerprint density at radius 3 is 2.71 bits per heavy atom. The zero-order valence-electron chi connectivity index (χ0n) is 16.8. The third-order valence-corrected chi connectivity index (χ3v) is 5.97. The average Bonchev–Trinajstić information content (AvgIpc) is 3.29. The predicted octanol–water partition coefficient (Wildman–Crippen LogP) is 4.62. The van der Waals surface area contributed by atoms with Gasteiger partial charge in [0.15, 0.2) is 4.80 Å². The molecule has 0 radical (unpaired) electrons. The molecule has 0 unspecified atom stereocenters. The molecule has 0 aliphatic carbocycles. The normalized spacial score (nSPS) is 11.8. The lowest BCUT2D eigenvalue weighted by Gasteiger charge is -2.05. The molecular formula is C22H18ClN3O4S. The molecule has 2 heterocycles. The van der Waals surface area contributed by atoms with Crippen molar-refractivity contribution in [2.75, 3.05) is 6.61 Å². The molecule has 2 aromatic heterocycles. The van der Waals surface area contributed by atoms with Crippen molar-refractivity contribution in [3.8, 4) is 11.3 Å². The minimum atomic E-state index is -0.530. The summed E-state index contributed by atoms with van der Waals surface area (Å²) >= 11 is 7.60. The maximum Gasteiger partial charge on any atom is 0.326 e. The van der Waals surface area contributed by atoms with Gasteiger partial charge in [-0.1, -0.05) is 58.4 Å². The maximum atomic E-state index is 13.2. The highest BCUT2D eigenvalue weighted by Crippen LogP contribution is 2.31. The van der Waals surface area contributed by atoms with Gasteiger partial charge in [-0.15, -0.1) is 0 Å². The highest BCUT2D eigenvalue weighted by molar-refractivity contribution is 7.16. The van der Waals surface area contributed by atoms with Crippen molar-refractivity contribution in [1.29, 1.82) is 0 Å². The Kier molecular flexibility index (Phi) is 6.01. The Morgan fingerprint density at radius 2 is 1.94 bits per heavy atom. The van der Waals surface area contributed by atoms with Crippen molar-refractivity contribution in [3.63, 3.8) is 0 Å². The van der Waals surface area contributed by atoms with Gasteiger partial charge in [0.25, 0.3) is 5.91 Å². The fourth-order valence-corrected chi connectivity index (χ4v) is 4.45. The first-order valence-electron chi connectivity index (χ1n) is 9.53. The fraction of sp³-hybridized carbons (Fsp3) is 0.182. The largest absolute Gasteiger partial charge is 0.465 e. The quantitative estimate of drug-likeness (QED) is 0.410. The number of hydrogen-bond acceptors (Lipinski definition) is 6. The number of hydrogen-bond donors (Lipinski definition) is 0. The van der Waals surface area contributed by atoms with E-state index < -0.39 is 11.9 Å². The lowest BCUT2D eigenvalue weighted by molar-refractivity contribution is -0.143. The number of fused-ring (bicyclic) bond motifs is 1. The number of rotatable bonds is 5. The number of ether oxygens (including phenoxy) is 1. The Bertz CT molecular complexity index is 1350. The van der Waals surface area contributed by atoms with E-state index in [0.717, 1.165) is 10.2 Å². The van der Waals surface area contributed by atoms with Gasteiger partial charge in [-0.05, 0) is 32.0 Å². The number of carbonyl (C=O) groups excluding carboxylic acids is 2. The first-order valence-corrected chi connectivity index (χ1v) is 10.7. The first-order chi connectivity index (χ1) is 15.0. The van der Waals surface area contributed by atoms with Crippen LogP contribution in [-0.4, -0.2) is 28.2 Å². The zero-order chi connectivity index (χ0) is 22.0. The second-order valence-corrected chi connectivity index (χ2v) is 8.02. The molecule has 9 heteroatoms. The number of carbonyl (C=O) groups is 2. The third-order valence-electron chi connectivity index (χ3n) is 4.58. The van der Waals surface area contributed by atoms with Crippen LogP contribution in [-0.2, 0) is 16.1 Å². The standard InChI is InChI=1S/C22H18ClN3O4S/c1-3-29-18(27)12-26-16-10-6-7-11-17(16)31-22(26)24-21(28)19-13(2)30-25-20(19)14-8-4-5-9-15(14)23/h4-11H,3,12H2,1-2H3. The average molecular weight is 456 g/mol. The number of amides is 1. The monoisotopic (exact) mass is 455 g/mol. The molecule has 0 spiro atoms. The van der Waals surface area contributed by atoms with Crippen molar-refractivity contribution in [2.45, 2.75) is 20.4 Å². The second-order valence-electron chi connectivity index (χ2n) is 6.60. The van der Waals surface area contributed by atoms with E-state index in [0.29, 0.717) is 26.8 Å². The lowest BCUT2D eigenvalue weighted by Crippen LogP contribution is -2.23. The topological polar surface area (TPSA) is 86.7 Å². The molecule has 4 rings (SSSR count). The summed E-state index contributed by atoms with van der Waals surface area (Å²) in [6.45, 7) is 3.61. The van der Waals surface area contributed by atoms with E-state index in [-0.39, 0.29) is 18.7 Å². The van der Waals surface area contributed by atoms with E-state index in [9.17, 15) is 9.59 Å². The van der Waals surface area contributed by atoms with E-state index >= 15 is 0 Å². The first kappa shape index (κ1) is 21.0. The van der Waals surface area contributed by atoms with Gasteiger partial charge in [0, 0.05) is 5.56 Å². The fourth-order valence-electron chi connectivity index (χ4n) is 3.20. The molecule has 0 bridgehead atoms. The molecule has 2 aromatic carbocycles. The number of benzene rings is 2. The van der Waals surface area contributed by atoms with Gasteiger partial charge in [-0.2, -0.15) is 4.99 Å². The third kappa shape index (κ3) is 4.17. The van der Waals surface area contributed by atoms with E-state index in [2.05, 4.69) is 10.1 Å². The molecule has 0 N–H and O–H groups in total. The molecule has 7 nitrogen and oxygen atoms in total. The van der Waals surface area contributed by atoms with Crippen molar-refractivity contribution in [1.82, 2.24) is 9.72 Å². The second kappa shape index (κ2) is 8.87. The summed E-state index contributed by atoms with van der Waals surface area (Å²) in [6.07, 6.45) is 0. The summed E-state index contributed by atoms with van der Waals surface area (Å²) in [5.41, 5.74) is 1.93. The van der Waals surface area contributed by atoms with Crippen LogP contribution in [0.15, 0.2) is 58.0 Å². The van der Waals surface area contributed by atoms with Crippen LogP contribution >= 0.6 is 22.9 Å². The van der Waals surface area contributed by atoms with Crippen molar-refractivity contribution in [3.05, 3.63) is 69.7 Å². The number of nitrogens with zero attached hydrogens (tertiary/aromatic N) is 3. The van der Waals surface area contributed by atoms with Crippen LogP contribution in [0.3, 0.4) is 0 Å². The number of aromatic nitrogens is 2. The van der Waals surface area contributed by atoms with E-state index in [1.54, 1.807) is 42.7 Å². The SMILES string of the molecule is CCOC(=O)Cn1c(=NC(=O)c2c(-c3ccccc3Cl)noc2C)sc2ccccc21. The van der Waals surface area contributed by atoms with Crippen molar-refractivity contribution < 1.29 is 18.8 Å². The highest BCUT2D eigenvalue weighted by atomic mass is 35.5. The molecule has 1 amide bonds. The van der Waals surface area contributed by atoms with Crippen LogP contribution in [0.5, 0.6) is 0 Å². The predicted molar refractivity (Wildman–Crippen MR) is 118 cm³/mol. The molecule has 158 valence electrons. The lowest BCUT2D eigenvalue weighted by atomic mass is 10.1. The highest BCUT2D eigenvalue weighted by Gasteiger charge is 2.23. The number of esters is 1. The molecular weight excluding hydrogens is 438 g/mol. The Balaban J connectivity index is 1.84. The van der Waals surface area contributed by atoms with Crippen LogP contribution in [0.4, 0.5) is 0 Å². The van der Waals surface area contributed by atoms with E-state index in [1.165, 1.54) is 11.3 Å². The molecule has 0 aliphatic rings. The number of thiazole rings is 1. The van der Waals surface area contributed by atoms with Gasteiger partial charge in [0.1, 0.15) is 23.6 Å². The van der Waals surface area contributed by atoms with Gasteiger partial charge in [-0.25, -0.2) is 0 Å². The van der Waals surface area contributed by atoms with Crippen molar-refractivity contribution >= 4 is 45.0 Å². The zero-order valence-corrected chi connectivity index (χ0v) is 18.4. The molecule has 31 heavy (non-hydrogen) atoms. The van der Waals surface area contributed by atoms with Gasteiger partial charge >= 0.3 is 5.97 Å². The number of para-hydroxylation sites is 1. The molecule has 4 aromatic rings. The Labute approximate surface area is 186 Å². The summed E-state index contributed by atoms with van der Waals surface area (Å²) in [4.78, 5) is 30.1. The summed E-state index contributed by atoms with van der Waals surface area (Å²) in [5, 5.41) is 4.48. The molecule has 0 aliphatic heterocycles. The maximum absolute atomic E-state index is 13.2. The van der Waals surface area contributed by atoms with Gasteiger partial charge in [0.05, 0.1) is 21.8 Å². The number of aryl methyl sites for hydroxylation is 1. The minimum Gasteiger partial charge on any atom is -0.465 e. The van der Waals surface area contributed by atoms with Crippen LogP contribution in [0.25, 0.3) is 21.5 Å².